The molecule has 2 amide bonds. The van der Waals surface area contributed by atoms with Crippen molar-refractivity contribution in [1.82, 2.24) is 14.7 Å². The number of aryl methyl sites for hydroxylation is 1. The molecule has 28 heavy (non-hydrogen) atoms. The van der Waals surface area contributed by atoms with Crippen LogP contribution in [-0.4, -0.2) is 78.9 Å². The standard InChI is InChI=1S/C22H33N3O3/c1-14(2)9-20-22(27)24-12-16(23(4)5)11-17(24)13-25(20)21(26)19-8-7-18(28-6)10-15(19)3/h7-8,10,14,16-17,20H,9,11-13H2,1-6H3/t16-,17-,20-/m0/s1. The van der Waals surface area contributed by atoms with Crippen molar-refractivity contribution in [3.8, 4) is 5.75 Å². The van der Waals surface area contributed by atoms with E-state index in [1.165, 1.54) is 0 Å². The van der Waals surface area contributed by atoms with Crippen molar-refractivity contribution in [2.24, 2.45) is 5.92 Å². The molecule has 0 bridgehead atoms. The van der Waals surface area contributed by atoms with Crippen molar-refractivity contribution >= 4 is 11.8 Å². The Morgan fingerprint density at radius 1 is 1.29 bits per heavy atom. The lowest BCUT2D eigenvalue weighted by molar-refractivity contribution is -0.142. The first-order valence-electron chi connectivity index (χ1n) is 10.2. The van der Waals surface area contributed by atoms with Crippen molar-refractivity contribution in [2.45, 2.75) is 51.7 Å². The number of amides is 2. The van der Waals surface area contributed by atoms with Gasteiger partial charge in [0, 0.05) is 24.7 Å². The second-order valence-electron chi connectivity index (χ2n) is 8.78. The predicted octanol–water partition coefficient (Wildman–Crippen LogP) is 2.41. The topological polar surface area (TPSA) is 53.1 Å². The van der Waals surface area contributed by atoms with E-state index in [2.05, 4.69) is 32.8 Å². The molecule has 2 saturated heterocycles. The summed E-state index contributed by atoms with van der Waals surface area (Å²) in [7, 11) is 5.74. The second kappa shape index (κ2) is 8.11. The molecule has 154 valence electrons. The number of ether oxygens (including phenoxy) is 1. The highest BCUT2D eigenvalue weighted by Gasteiger charge is 2.47. The number of rotatable bonds is 5. The van der Waals surface area contributed by atoms with Crippen LogP contribution in [0.5, 0.6) is 5.75 Å². The minimum Gasteiger partial charge on any atom is -0.497 e. The van der Waals surface area contributed by atoms with Gasteiger partial charge in [0.2, 0.25) is 5.91 Å². The number of nitrogens with zero attached hydrogens (tertiary/aromatic N) is 3. The first-order chi connectivity index (χ1) is 13.2. The van der Waals surface area contributed by atoms with Crippen LogP contribution in [-0.2, 0) is 4.79 Å². The van der Waals surface area contributed by atoms with Gasteiger partial charge in [0.15, 0.2) is 0 Å². The molecule has 2 heterocycles. The van der Waals surface area contributed by atoms with Crippen LogP contribution in [0.1, 0.15) is 42.6 Å². The fourth-order valence-corrected chi connectivity index (χ4v) is 4.44. The number of piperazine rings is 1. The maximum absolute atomic E-state index is 13.5. The Labute approximate surface area is 168 Å². The van der Waals surface area contributed by atoms with Gasteiger partial charge in [-0.05, 0) is 63.5 Å². The molecule has 0 spiro atoms. The SMILES string of the molecule is COc1ccc(C(=O)N2C[C@@H]3C[C@H](N(C)C)CN3C(=O)[C@@H]2CC(C)C)c(C)c1. The Morgan fingerprint density at radius 2 is 2.00 bits per heavy atom. The van der Waals surface area contributed by atoms with Crippen molar-refractivity contribution < 1.29 is 14.3 Å². The normalized spacial score (nSPS) is 24.9. The molecule has 1 aromatic carbocycles. The highest BCUT2D eigenvalue weighted by atomic mass is 16.5. The Bertz CT molecular complexity index is 747. The summed E-state index contributed by atoms with van der Waals surface area (Å²) >= 11 is 0. The third-order valence-electron chi connectivity index (χ3n) is 6.09. The van der Waals surface area contributed by atoms with E-state index in [4.69, 9.17) is 4.74 Å². The van der Waals surface area contributed by atoms with E-state index < -0.39 is 0 Å². The first kappa shape index (κ1) is 20.6. The average Bonchev–Trinajstić information content (AvgIpc) is 3.07. The Kier molecular flexibility index (Phi) is 5.98. The molecule has 2 fully saturated rings. The number of benzene rings is 1. The number of hydrogen-bond donors (Lipinski definition) is 0. The summed E-state index contributed by atoms with van der Waals surface area (Å²) in [5, 5.41) is 0. The maximum atomic E-state index is 13.5. The number of carbonyl (C=O) groups excluding carboxylic acids is 2. The van der Waals surface area contributed by atoms with E-state index in [-0.39, 0.29) is 23.9 Å². The predicted molar refractivity (Wildman–Crippen MR) is 110 cm³/mol. The largest absolute Gasteiger partial charge is 0.497 e. The molecule has 2 aliphatic heterocycles. The third kappa shape index (κ3) is 3.88. The zero-order valence-corrected chi connectivity index (χ0v) is 17.9. The fourth-order valence-electron chi connectivity index (χ4n) is 4.44. The summed E-state index contributed by atoms with van der Waals surface area (Å²) in [5.74, 6) is 1.13. The van der Waals surface area contributed by atoms with Gasteiger partial charge in [0.05, 0.1) is 13.2 Å². The zero-order valence-electron chi connectivity index (χ0n) is 17.9. The monoisotopic (exact) mass is 387 g/mol. The lowest BCUT2D eigenvalue weighted by atomic mass is 9.95. The smallest absolute Gasteiger partial charge is 0.254 e. The van der Waals surface area contributed by atoms with Crippen LogP contribution in [0.15, 0.2) is 18.2 Å². The zero-order chi connectivity index (χ0) is 20.6. The van der Waals surface area contributed by atoms with E-state index in [0.717, 1.165) is 24.3 Å². The van der Waals surface area contributed by atoms with Crippen molar-refractivity contribution in [3.05, 3.63) is 29.3 Å². The summed E-state index contributed by atoms with van der Waals surface area (Å²) in [6, 6.07) is 5.58. The molecule has 0 saturated carbocycles. The summed E-state index contributed by atoms with van der Waals surface area (Å²) in [6.45, 7) is 7.50. The molecule has 2 aliphatic rings. The van der Waals surface area contributed by atoms with Crippen LogP contribution < -0.4 is 4.74 Å². The average molecular weight is 388 g/mol. The number of carbonyl (C=O) groups is 2. The number of methoxy groups -OCH3 is 1. The molecule has 0 radical (unpaired) electrons. The number of hydrogen-bond acceptors (Lipinski definition) is 4. The first-order valence-corrected chi connectivity index (χ1v) is 10.2. The summed E-state index contributed by atoms with van der Waals surface area (Å²) < 4.78 is 5.27. The van der Waals surface area contributed by atoms with Crippen LogP contribution in [0.25, 0.3) is 0 Å². The van der Waals surface area contributed by atoms with Crippen molar-refractivity contribution in [1.29, 1.82) is 0 Å². The van der Waals surface area contributed by atoms with Gasteiger partial charge in [-0.3, -0.25) is 9.59 Å². The minimum absolute atomic E-state index is 0.0490. The highest BCUT2D eigenvalue weighted by Crippen LogP contribution is 2.31. The van der Waals surface area contributed by atoms with Gasteiger partial charge < -0.3 is 19.4 Å². The van der Waals surface area contributed by atoms with Gasteiger partial charge in [-0.2, -0.15) is 0 Å². The Hall–Kier alpha value is -2.08. The summed E-state index contributed by atoms with van der Waals surface area (Å²) in [5.41, 5.74) is 1.53. The molecule has 0 aromatic heterocycles. The number of likely N-dealkylation sites (N-methyl/N-ethyl adjacent to an activating group) is 1. The Morgan fingerprint density at radius 3 is 2.57 bits per heavy atom. The van der Waals surface area contributed by atoms with Gasteiger partial charge in [0.25, 0.3) is 5.91 Å². The quantitative estimate of drug-likeness (QED) is 0.779. The van der Waals surface area contributed by atoms with Gasteiger partial charge >= 0.3 is 0 Å². The van der Waals surface area contributed by atoms with E-state index in [9.17, 15) is 9.59 Å². The molecule has 0 aliphatic carbocycles. The Balaban J connectivity index is 1.91. The molecule has 1 aromatic rings. The van der Waals surface area contributed by atoms with Crippen molar-refractivity contribution in [3.63, 3.8) is 0 Å². The molecule has 3 rings (SSSR count). The van der Waals surface area contributed by atoms with Gasteiger partial charge in [0.1, 0.15) is 11.8 Å². The van der Waals surface area contributed by atoms with Crippen LogP contribution in [0.4, 0.5) is 0 Å². The van der Waals surface area contributed by atoms with Crippen LogP contribution >= 0.6 is 0 Å². The highest BCUT2D eigenvalue weighted by molar-refractivity contribution is 5.99. The second-order valence-corrected chi connectivity index (χ2v) is 8.78. The van der Waals surface area contributed by atoms with Gasteiger partial charge in [-0.1, -0.05) is 13.8 Å². The number of fused-ring (bicyclic) bond motifs is 1. The van der Waals surface area contributed by atoms with E-state index >= 15 is 0 Å². The van der Waals surface area contributed by atoms with Crippen molar-refractivity contribution in [2.75, 3.05) is 34.3 Å². The molecular formula is C22H33N3O3. The summed E-state index contributed by atoms with van der Waals surface area (Å²) in [4.78, 5) is 32.8. The van der Waals surface area contributed by atoms with Crippen LogP contribution in [0, 0.1) is 12.8 Å². The lowest BCUT2D eigenvalue weighted by Gasteiger charge is -2.43. The molecule has 3 atom stereocenters. The van der Waals surface area contributed by atoms with Crippen LogP contribution in [0.3, 0.4) is 0 Å². The third-order valence-corrected chi connectivity index (χ3v) is 6.09. The van der Waals surface area contributed by atoms with Crippen LogP contribution in [0.2, 0.25) is 0 Å². The summed E-state index contributed by atoms with van der Waals surface area (Å²) in [6.07, 6.45) is 1.61. The van der Waals surface area contributed by atoms with Gasteiger partial charge in [-0.15, -0.1) is 0 Å². The molecule has 0 unspecified atom stereocenters. The van der Waals surface area contributed by atoms with E-state index in [1.54, 1.807) is 7.11 Å². The lowest BCUT2D eigenvalue weighted by Crippen LogP contribution is -2.61. The fraction of sp³-hybridized carbons (Fsp3) is 0.636. The van der Waals surface area contributed by atoms with Gasteiger partial charge in [-0.25, -0.2) is 0 Å². The molecule has 6 heteroatoms. The molecular weight excluding hydrogens is 354 g/mol. The van der Waals surface area contributed by atoms with E-state index in [1.807, 2.05) is 34.9 Å². The minimum atomic E-state index is -0.383. The molecule has 6 nitrogen and oxygen atoms in total. The maximum Gasteiger partial charge on any atom is 0.254 e. The van der Waals surface area contributed by atoms with E-state index in [0.29, 0.717) is 30.5 Å². The molecule has 0 N–H and O–H groups in total.